The summed E-state index contributed by atoms with van der Waals surface area (Å²) < 4.78 is 26.4. The van der Waals surface area contributed by atoms with Gasteiger partial charge >= 0.3 is 0 Å². The number of nitrogens with one attached hydrogen (secondary N) is 2. The number of thiophene rings is 1. The maximum atomic E-state index is 12.5. The smallest absolute Gasteiger partial charge is 0.260 e. The summed E-state index contributed by atoms with van der Waals surface area (Å²) in [4.78, 5) is 1.00. The predicted octanol–water partition coefficient (Wildman–Crippen LogP) is 1.40. The molecule has 20 heavy (non-hydrogen) atoms. The van der Waals surface area contributed by atoms with Crippen LogP contribution >= 0.6 is 11.3 Å². The van der Waals surface area contributed by atoms with Gasteiger partial charge in [0.15, 0.2) is 5.03 Å². The van der Waals surface area contributed by atoms with E-state index in [0.29, 0.717) is 18.7 Å². The Morgan fingerprint density at radius 3 is 2.95 bits per heavy atom. The second kappa shape index (κ2) is 6.49. The molecular weight excluding hydrogens is 296 g/mol. The molecule has 8 heteroatoms. The molecule has 2 rings (SSSR count). The van der Waals surface area contributed by atoms with Crippen LogP contribution in [0, 0.1) is 0 Å². The number of sulfonamides is 1. The van der Waals surface area contributed by atoms with E-state index in [9.17, 15) is 8.42 Å². The van der Waals surface area contributed by atoms with Crippen LogP contribution in [0.5, 0.6) is 0 Å². The van der Waals surface area contributed by atoms with Gasteiger partial charge in [0.25, 0.3) is 10.0 Å². The standard InChI is InChI=1S/C12H18N4O2S2/c1-3-13-7-10-8-14-15-12(10)20(17,18)16(2)9-11-5-4-6-19-11/h4-6,8,13H,3,7,9H2,1-2H3,(H,14,15). The Morgan fingerprint density at radius 2 is 2.30 bits per heavy atom. The summed E-state index contributed by atoms with van der Waals surface area (Å²) in [6.07, 6.45) is 1.55. The van der Waals surface area contributed by atoms with Crippen molar-refractivity contribution in [1.82, 2.24) is 19.8 Å². The Kier molecular flexibility index (Phi) is 4.92. The quantitative estimate of drug-likeness (QED) is 0.810. The fraction of sp³-hybridized carbons (Fsp3) is 0.417. The van der Waals surface area contributed by atoms with Crippen molar-refractivity contribution in [3.8, 4) is 0 Å². The highest BCUT2D eigenvalue weighted by Crippen LogP contribution is 2.20. The molecule has 0 fully saturated rings. The van der Waals surface area contributed by atoms with E-state index in [1.165, 1.54) is 15.6 Å². The summed E-state index contributed by atoms with van der Waals surface area (Å²) in [6, 6.07) is 3.83. The maximum Gasteiger partial charge on any atom is 0.260 e. The molecule has 0 aliphatic carbocycles. The van der Waals surface area contributed by atoms with Gasteiger partial charge < -0.3 is 5.32 Å². The SMILES string of the molecule is CCNCc1cn[nH]c1S(=O)(=O)N(C)Cc1cccs1. The fourth-order valence-corrected chi connectivity index (χ4v) is 3.85. The summed E-state index contributed by atoms with van der Waals surface area (Å²) in [6.45, 7) is 3.58. The molecule has 2 aromatic rings. The molecule has 0 unspecified atom stereocenters. The Morgan fingerprint density at radius 1 is 1.50 bits per heavy atom. The molecule has 0 amide bonds. The predicted molar refractivity (Wildman–Crippen MR) is 78.9 cm³/mol. The van der Waals surface area contributed by atoms with E-state index in [4.69, 9.17) is 0 Å². The van der Waals surface area contributed by atoms with Crippen molar-refractivity contribution in [2.45, 2.75) is 25.0 Å². The molecule has 0 saturated carbocycles. The van der Waals surface area contributed by atoms with Crippen molar-refractivity contribution in [1.29, 1.82) is 0 Å². The Labute approximate surface area is 122 Å². The number of aromatic amines is 1. The topological polar surface area (TPSA) is 78.1 Å². The van der Waals surface area contributed by atoms with Crippen molar-refractivity contribution >= 4 is 21.4 Å². The molecule has 0 spiro atoms. The van der Waals surface area contributed by atoms with Crippen molar-refractivity contribution < 1.29 is 8.42 Å². The molecule has 0 bridgehead atoms. The van der Waals surface area contributed by atoms with Gasteiger partial charge in [-0.2, -0.15) is 9.40 Å². The highest BCUT2D eigenvalue weighted by Gasteiger charge is 2.26. The molecule has 0 radical (unpaired) electrons. The summed E-state index contributed by atoms with van der Waals surface area (Å²) in [5, 5.41) is 11.7. The van der Waals surface area contributed by atoms with Crippen LogP contribution in [0.4, 0.5) is 0 Å². The van der Waals surface area contributed by atoms with E-state index in [1.54, 1.807) is 13.2 Å². The molecule has 0 aromatic carbocycles. The van der Waals surface area contributed by atoms with Crippen LogP contribution in [-0.4, -0.2) is 36.5 Å². The lowest BCUT2D eigenvalue weighted by molar-refractivity contribution is 0.465. The van der Waals surface area contributed by atoms with Crippen LogP contribution in [-0.2, 0) is 23.1 Å². The second-order valence-electron chi connectivity index (χ2n) is 4.35. The number of aromatic nitrogens is 2. The first-order valence-electron chi connectivity index (χ1n) is 6.27. The number of rotatable bonds is 7. The zero-order valence-corrected chi connectivity index (χ0v) is 13.1. The molecule has 0 saturated heterocycles. The highest BCUT2D eigenvalue weighted by molar-refractivity contribution is 7.89. The van der Waals surface area contributed by atoms with E-state index in [2.05, 4.69) is 15.5 Å². The lowest BCUT2D eigenvalue weighted by atomic mass is 10.3. The van der Waals surface area contributed by atoms with Gasteiger partial charge in [0, 0.05) is 30.6 Å². The van der Waals surface area contributed by atoms with Crippen LogP contribution in [0.2, 0.25) is 0 Å². The summed E-state index contributed by atoms with van der Waals surface area (Å²) in [5.74, 6) is 0. The van der Waals surface area contributed by atoms with Crippen LogP contribution < -0.4 is 5.32 Å². The molecular formula is C12H18N4O2S2. The molecule has 0 atom stereocenters. The molecule has 2 heterocycles. The minimum absolute atomic E-state index is 0.164. The third-order valence-corrected chi connectivity index (χ3v) is 5.55. The van der Waals surface area contributed by atoms with Gasteiger partial charge in [0.1, 0.15) is 0 Å². The lowest BCUT2D eigenvalue weighted by Crippen LogP contribution is -2.28. The third-order valence-electron chi connectivity index (χ3n) is 2.87. The van der Waals surface area contributed by atoms with Crippen LogP contribution in [0.3, 0.4) is 0 Å². The average Bonchev–Trinajstić information content (AvgIpc) is 3.06. The van der Waals surface area contributed by atoms with Crippen molar-refractivity contribution in [2.24, 2.45) is 0 Å². The molecule has 2 aromatic heterocycles. The van der Waals surface area contributed by atoms with Crippen molar-refractivity contribution in [3.63, 3.8) is 0 Å². The second-order valence-corrected chi connectivity index (χ2v) is 7.36. The molecule has 0 aliphatic rings. The summed E-state index contributed by atoms with van der Waals surface area (Å²) in [5.41, 5.74) is 0.657. The lowest BCUT2D eigenvalue weighted by Gasteiger charge is -2.16. The van der Waals surface area contributed by atoms with E-state index in [1.807, 2.05) is 24.4 Å². The van der Waals surface area contributed by atoms with Gasteiger partial charge in [-0.1, -0.05) is 13.0 Å². The fourth-order valence-electron chi connectivity index (χ4n) is 1.77. The minimum atomic E-state index is -3.55. The average molecular weight is 314 g/mol. The van der Waals surface area contributed by atoms with E-state index in [-0.39, 0.29) is 5.03 Å². The minimum Gasteiger partial charge on any atom is -0.313 e. The van der Waals surface area contributed by atoms with Gasteiger partial charge in [-0.15, -0.1) is 11.3 Å². The number of hydrogen-bond donors (Lipinski definition) is 2. The Balaban J connectivity index is 2.19. The molecule has 2 N–H and O–H groups in total. The number of H-pyrrole nitrogens is 1. The van der Waals surface area contributed by atoms with Crippen LogP contribution in [0.1, 0.15) is 17.4 Å². The van der Waals surface area contributed by atoms with Gasteiger partial charge in [-0.05, 0) is 18.0 Å². The van der Waals surface area contributed by atoms with E-state index >= 15 is 0 Å². The first kappa shape index (κ1) is 15.2. The molecule has 0 aliphatic heterocycles. The number of nitrogens with zero attached hydrogens (tertiary/aromatic N) is 2. The van der Waals surface area contributed by atoms with Gasteiger partial charge in [0.2, 0.25) is 0 Å². The zero-order valence-electron chi connectivity index (χ0n) is 11.5. The maximum absolute atomic E-state index is 12.5. The van der Waals surface area contributed by atoms with Crippen molar-refractivity contribution in [3.05, 3.63) is 34.2 Å². The summed E-state index contributed by atoms with van der Waals surface area (Å²) in [7, 11) is -1.97. The van der Waals surface area contributed by atoms with E-state index in [0.717, 1.165) is 11.4 Å². The Bertz CT molecular complexity index is 634. The first-order chi connectivity index (χ1) is 9.55. The largest absolute Gasteiger partial charge is 0.313 e. The normalized spacial score (nSPS) is 12.2. The number of hydrogen-bond acceptors (Lipinski definition) is 5. The third kappa shape index (κ3) is 3.26. The van der Waals surface area contributed by atoms with Crippen molar-refractivity contribution in [2.75, 3.05) is 13.6 Å². The van der Waals surface area contributed by atoms with Gasteiger partial charge in [-0.25, -0.2) is 8.42 Å². The Hall–Kier alpha value is -1.22. The van der Waals surface area contributed by atoms with Crippen LogP contribution in [0.25, 0.3) is 0 Å². The van der Waals surface area contributed by atoms with Gasteiger partial charge in [0.05, 0.1) is 6.20 Å². The monoisotopic (exact) mass is 314 g/mol. The highest BCUT2D eigenvalue weighted by atomic mass is 32.2. The van der Waals surface area contributed by atoms with Crippen LogP contribution in [0.15, 0.2) is 28.7 Å². The van der Waals surface area contributed by atoms with Gasteiger partial charge in [-0.3, -0.25) is 5.10 Å². The molecule has 110 valence electrons. The zero-order chi connectivity index (χ0) is 14.6. The summed E-state index contributed by atoms with van der Waals surface area (Å²) >= 11 is 1.54. The van der Waals surface area contributed by atoms with E-state index < -0.39 is 10.0 Å². The molecule has 6 nitrogen and oxygen atoms in total. The first-order valence-corrected chi connectivity index (χ1v) is 8.59.